The first kappa shape index (κ1) is 37.4. The predicted molar refractivity (Wildman–Crippen MR) is 156 cm³/mol. The van der Waals surface area contributed by atoms with Crippen molar-refractivity contribution in [2.24, 2.45) is 0 Å². The molecule has 0 bridgehead atoms. The first-order valence-corrected chi connectivity index (χ1v) is 14.9. The van der Waals surface area contributed by atoms with Crippen molar-refractivity contribution in [1.82, 2.24) is 9.80 Å². The SMILES string of the molecule is CC.CC.CN(C)CCCCCCCCCC[N+](C)(C)CCCCCCCCCCN(C)C. The van der Waals surface area contributed by atoms with Gasteiger partial charge in [-0.15, -0.1) is 0 Å². The summed E-state index contributed by atoms with van der Waals surface area (Å²) in [6.07, 6.45) is 22.8. The number of hydrogen-bond donors (Lipinski definition) is 0. The number of unbranched alkanes of at least 4 members (excludes halogenated alkanes) is 14. The molecule has 0 aromatic heterocycles. The molecule has 0 aliphatic rings. The summed E-state index contributed by atoms with van der Waals surface area (Å²) in [4.78, 5) is 4.60. The molecular formula is C30H70N3+. The van der Waals surface area contributed by atoms with Crippen LogP contribution in [0.1, 0.15) is 130 Å². The third-order valence-electron chi connectivity index (χ3n) is 6.24. The fourth-order valence-corrected chi connectivity index (χ4v) is 4.17. The van der Waals surface area contributed by atoms with E-state index in [1.54, 1.807) is 0 Å². The van der Waals surface area contributed by atoms with Crippen LogP contribution in [0.5, 0.6) is 0 Å². The summed E-state index contributed by atoms with van der Waals surface area (Å²) in [7, 11) is 13.6. The highest BCUT2D eigenvalue weighted by Gasteiger charge is 2.13. The van der Waals surface area contributed by atoms with Gasteiger partial charge < -0.3 is 14.3 Å². The van der Waals surface area contributed by atoms with Gasteiger partial charge >= 0.3 is 0 Å². The van der Waals surface area contributed by atoms with Crippen LogP contribution in [0, 0.1) is 0 Å². The van der Waals surface area contributed by atoms with Crippen molar-refractivity contribution in [2.45, 2.75) is 130 Å². The Labute approximate surface area is 213 Å². The number of rotatable bonds is 22. The molecule has 0 atom stereocenters. The summed E-state index contributed by atoms with van der Waals surface area (Å²) in [6, 6.07) is 0. The molecule has 0 aliphatic heterocycles. The second-order valence-corrected chi connectivity index (χ2v) is 10.6. The molecule has 0 aliphatic carbocycles. The molecule has 0 heterocycles. The highest BCUT2D eigenvalue weighted by Crippen LogP contribution is 2.13. The summed E-state index contributed by atoms with van der Waals surface area (Å²) in [6.45, 7) is 13.2. The van der Waals surface area contributed by atoms with Gasteiger partial charge in [0, 0.05) is 0 Å². The van der Waals surface area contributed by atoms with E-state index in [9.17, 15) is 0 Å². The lowest BCUT2D eigenvalue weighted by Gasteiger charge is -2.30. The third kappa shape index (κ3) is 36.6. The first-order valence-electron chi connectivity index (χ1n) is 14.9. The normalized spacial score (nSPS) is 11.3. The standard InChI is InChI=1S/C26H58N3.2C2H6/c1-27(2)23-19-15-11-7-9-13-17-21-25-29(5,6)26-22-18-14-10-8-12-16-20-24-28(3)4;2*1-2/h7-26H2,1-6H3;2*1-2H3/q+1;;. The predicted octanol–water partition coefficient (Wildman–Crippen LogP) is 8.48. The Kier molecular flexibility index (Phi) is 33.9. The van der Waals surface area contributed by atoms with Crippen molar-refractivity contribution >= 4 is 0 Å². The highest BCUT2D eigenvalue weighted by atomic mass is 15.3. The Balaban J connectivity index is -0.00000212. The van der Waals surface area contributed by atoms with Crippen LogP contribution in [-0.2, 0) is 0 Å². The van der Waals surface area contributed by atoms with Crippen LogP contribution in [0.4, 0.5) is 0 Å². The van der Waals surface area contributed by atoms with Gasteiger partial charge in [0.05, 0.1) is 27.2 Å². The molecular weight excluding hydrogens is 402 g/mol. The van der Waals surface area contributed by atoms with Crippen LogP contribution >= 0.6 is 0 Å². The van der Waals surface area contributed by atoms with E-state index in [1.165, 1.54) is 133 Å². The lowest BCUT2D eigenvalue weighted by molar-refractivity contribution is -0.890. The molecule has 0 unspecified atom stereocenters. The van der Waals surface area contributed by atoms with E-state index >= 15 is 0 Å². The van der Waals surface area contributed by atoms with Crippen molar-refractivity contribution in [2.75, 3.05) is 68.5 Å². The van der Waals surface area contributed by atoms with Gasteiger partial charge in [-0.3, -0.25) is 0 Å². The van der Waals surface area contributed by atoms with E-state index in [1.807, 2.05) is 27.7 Å². The Hall–Kier alpha value is -0.120. The van der Waals surface area contributed by atoms with E-state index in [0.29, 0.717) is 0 Å². The second kappa shape index (κ2) is 29.9. The molecule has 204 valence electrons. The van der Waals surface area contributed by atoms with E-state index < -0.39 is 0 Å². The Morgan fingerprint density at radius 1 is 0.364 bits per heavy atom. The molecule has 3 heteroatoms. The molecule has 0 aromatic carbocycles. The van der Waals surface area contributed by atoms with Crippen molar-refractivity contribution in [1.29, 1.82) is 0 Å². The molecule has 0 rings (SSSR count). The number of hydrogen-bond acceptors (Lipinski definition) is 2. The Morgan fingerprint density at radius 3 is 0.818 bits per heavy atom. The van der Waals surface area contributed by atoms with Crippen LogP contribution in [0.15, 0.2) is 0 Å². The highest BCUT2D eigenvalue weighted by molar-refractivity contribution is 4.51. The van der Waals surface area contributed by atoms with Gasteiger partial charge in [-0.2, -0.15) is 0 Å². The minimum absolute atomic E-state index is 1.23. The average molecular weight is 473 g/mol. The summed E-state index contributed by atoms with van der Waals surface area (Å²) in [5, 5.41) is 0. The molecule has 0 amide bonds. The topological polar surface area (TPSA) is 6.48 Å². The molecule has 33 heavy (non-hydrogen) atoms. The largest absolute Gasteiger partial charge is 0.328 e. The zero-order valence-electron chi connectivity index (χ0n) is 25.5. The van der Waals surface area contributed by atoms with Gasteiger partial charge in [0.1, 0.15) is 0 Å². The maximum atomic E-state index is 2.44. The lowest BCUT2D eigenvalue weighted by atomic mass is 10.1. The van der Waals surface area contributed by atoms with E-state index in [-0.39, 0.29) is 0 Å². The summed E-state index contributed by atoms with van der Waals surface area (Å²) in [5.41, 5.74) is 0. The minimum Gasteiger partial charge on any atom is -0.328 e. The fourth-order valence-electron chi connectivity index (χ4n) is 4.17. The van der Waals surface area contributed by atoms with Gasteiger partial charge in [0.2, 0.25) is 0 Å². The van der Waals surface area contributed by atoms with Gasteiger partial charge in [-0.1, -0.05) is 91.9 Å². The van der Waals surface area contributed by atoms with Crippen LogP contribution < -0.4 is 0 Å². The summed E-state index contributed by atoms with van der Waals surface area (Å²) < 4.78 is 1.23. The second-order valence-electron chi connectivity index (χ2n) is 10.6. The lowest BCUT2D eigenvalue weighted by Crippen LogP contribution is -2.41. The molecule has 0 saturated carbocycles. The van der Waals surface area contributed by atoms with Crippen molar-refractivity contribution in [3.8, 4) is 0 Å². The Bertz CT molecular complexity index is 297. The van der Waals surface area contributed by atoms with Crippen LogP contribution in [0.2, 0.25) is 0 Å². The van der Waals surface area contributed by atoms with E-state index in [4.69, 9.17) is 0 Å². The van der Waals surface area contributed by atoms with Crippen LogP contribution in [-0.4, -0.2) is 82.7 Å². The summed E-state index contributed by atoms with van der Waals surface area (Å²) in [5.74, 6) is 0. The van der Waals surface area contributed by atoms with Gasteiger partial charge in [0.25, 0.3) is 0 Å². The van der Waals surface area contributed by atoms with Crippen molar-refractivity contribution < 1.29 is 4.48 Å². The van der Waals surface area contributed by atoms with E-state index in [0.717, 1.165) is 0 Å². The van der Waals surface area contributed by atoms with Gasteiger partial charge in [0.15, 0.2) is 0 Å². The van der Waals surface area contributed by atoms with E-state index in [2.05, 4.69) is 52.1 Å². The molecule has 3 nitrogen and oxygen atoms in total. The smallest absolute Gasteiger partial charge is 0.0782 e. The molecule has 0 aromatic rings. The van der Waals surface area contributed by atoms with Crippen molar-refractivity contribution in [3.63, 3.8) is 0 Å². The quantitative estimate of drug-likeness (QED) is 0.115. The molecule has 0 spiro atoms. The number of nitrogens with zero attached hydrogens (tertiary/aromatic N) is 3. The monoisotopic (exact) mass is 473 g/mol. The Morgan fingerprint density at radius 2 is 0.576 bits per heavy atom. The third-order valence-corrected chi connectivity index (χ3v) is 6.24. The fraction of sp³-hybridized carbons (Fsp3) is 1.00. The van der Waals surface area contributed by atoms with Gasteiger partial charge in [-0.05, 0) is 79.8 Å². The van der Waals surface area contributed by atoms with Gasteiger partial charge in [-0.25, -0.2) is 0 Å². The van der Waals surface area contributed by atoms with Crippen LogP contribution in [0.25, 0.3) is 0 Å². The summed E-state index contributed by atoms with van der Waals surface area (Å²) >= 11 is 0. The molecule has 0 saturated heterocycles. The maximum absolute atomic E-state index is 2.44. The van der Waals surface area contributed by atoms with Crippen molar-refractivity contribution in [3.05, 3.63) is 0 Å². The zero-order chi connectivity index (χ0) is 25.8. The molecule has 0 fully saturated rings. The van der Waals surface area contributed by atoms with Crippen LogP contribution in [0.3, 0.4) is 0 Å². The first-order chi connectivity index (χ1) is 15.8. The maximum Gasteiger partial charge on any atom is 0.0782 e. The number of quaternary nitrogens is 1. The minimum atomic E-state index is 1.23. The molecule has 0 N–H and O–H groups in total. The average Bonchev–Trinajstić information content (AvgIpc) is 2.78. The zero-order valence-corrected chi connectivity index (χ0v) is 25.5. The molecule has 0 radical (unpaired) electrons.